The minimum atomic E-state index is -0.470. The molecule has 1 amide bonds. The first-order valence-corrected chi connectivity index (χ1v) is 6.39. The minimum absolute atomic E-state index is 0.253. The van der Waals surface area contributed by atoms with Gasteiger partial charge in [0, 0.05) is 5.54 Å². The van der Waals surface area contributed by atoms with E-state index >= 15 is 0 Å². The van der Waals surface area contributed by atoms with E-state index < -0.39 is 5.97 Å². The monoisotopic (exact) mass is 263 g/mol. The van der Waals surface area contributed by atoms with E-state index in [1.807, 2.05) is 39.8 Å². The second kappa shape index (κ2) is 6.36. The van der Waals surface area contributed by atoms with E-state index in [2.05, 4.69) is 5.32 Å². The van der Waals surface area contributed by atoms with Crippen LogP contribution in [-0.2, 0) is 9.53 Å². The molecular formula is C15H21NO3. The van der Waals surface area contributed by atoms with Crippen LogP contribution in [0.3, 0.4) is 0 Å². The third-order valence-corrected chi connectivity index (χ3v) is 3.06. The first-order valence-electron chi connectivity index (χ1n) is 6.39. The van der Waals surface area contributed by atoms with Gasteiger partial charge in [0.05, 0.1) is 5.56 Å². The van der Waals surface area contributed by atoms with Crippen molar-refractivity contribution in [1.82, 2.24) is 5.32 Å². The molecule has 4 nitrogen and oxygen atoms in total. The zero-order valence-electron chi connectivity index (χ0n) is 11.9. The van der Waals surface area contributed by atoms with E-state index in [1.165, 1.54) is 0 Å². The van der Waals surface area contributed by atoms with Crippen LogP contribution in [0.25, 0.3) is 0 Å². The number of aryl methyl sites for hydroxylation is 1. The lowest BCUT2D eigenvalue weighted by Gasteiger charge is -2.24. The third-order valence-electron chi connectivity index (χ3n) is 3.06. The van der Waals surface area contributed by atoms with Crippen LogP contribution < -0.4 is 5.32 Å². The molecule has 1 N–H and O–H groups in total. The normalized spacial score (nSPS) is 10.9. The molecule has 0 aliphatic rings. The fourth-order valence-corrected chi connectivity index (χ4v) is 1.51. The van der Waals surface area contributed by atoms with Crippen LogP contribution in [-0.4, -0.2) is 24.0 Å². The maximum Gasteiger partial charge on any atom is 0.338 e. The molecule has 1 aromatic carbocycles. The number of hydrogen-bond acceptors (Lipinski definition) is 3. The second-order valence-corrected chi connectivity index (χ2v) is 5.18. The summed E-state index contributed by atoms with van der Waals surface area (Å²) in [6.07, 6.45) is 0.810. The summed E-state index contributed by atoms with van der Waals surface area (Å²) in [5.41, 5.74) is 1.04. The molecule has 0 bridgehead atoms. The number of nitrogens with one attached hydrogen (secondary N) is 1. The predicted molar refractivity (Wildman–Crippen MR) is 74.0 cm³/mol. The molecule has 0 saturated heterocycles. The predicted octanol–water partition coefficient (Wildman–Crippen LogP) is 2.46. The molecule has 0 aromatic heterocycles. The number of rotatable bonds is 5. The number of carbonyl (C=O) groups is 2. The smallest absolute Gasteiger partial charge is 0.338 e. The van der Waals surface area contributed by atoms with Gasteiger partial charge in [-0.2, -0.15) is 0 Å². The van der Waals surface area contributed by atoms with E-state index in [4.69, 9.17) is 4.74 Å². The van der Waals surface area contributed by atoms with Gasteiger partial charge in [-0.3, -0.25) is 4.79 Å². The van der Waals surface area contributed by atoms with Crippen molar-refractivity contribution in [2.24, 2.45) is 0 Å². The van der Waals surface area contributed by atoms with Crippen LogP contribution in [0.5, 0.6) is 0 Å². The minimum Gasteiger partial charge on any atom is -0.452 e. The van der Waals surface area contributed by atoms with Crippen LogP contribution in [0.15, 0.2) is 24.3 Å². The average molecular weight is 263 g/mol. The van der Waals surface area contributed by atoms with Crippen molar-refractivity contribution in [2.75, 3.05) is 6.61 Å². The quantitative estimate of drug-likeness (QED) is 0.830. The van der Waals surface area contributed by atoms with Crippen molar-refractivity contribution >= 4 is 11.9 Å². The van der Waals surface area contributed by atoms with Crippen molar-refractivity contribution in [3.8, 4) is 0 Å². The molecule has 0 aliphatic heterocycles. The van der Waals surface area contributed by atoms with Crippen LogP contribution >= 0.6 is 0 Å². The molecule has 0 unspecified atom stereocenters. The first-order chi connectivity index (χ1) is 8.85. The van der Waals surface area contributed by atoms with Crippen LogP contribution in [0.2, 0.25) is 0 Å². The summed E-state index contributed by atoms with van der Waals surface area (Å²) >= 11 is 0. The Morgan fingerprint density at radius 1 is 1.26 bits per heavy atom. The number of esters is 1. The van der Waals surface area contributed by atoms with Crippen LogP contribution in [0.1, 0.15) is 43.1 Å². The fraction of sp³-hybridized carbons (Fsp3) is 0.467. The molecule has 0 atom stereocenters. The highest BCUT2D eigenvalue weighted by Gasteiger charge is 2.19. The third kappa shape index (κ3) is 4.73. The van der Waals surface area contributed by atoms with Gasteiger partial charge in [-0.05, 0) is 38.8 Å². The van der Waals surface area contributed by atoms with Gasteiger partial charge in [0.25, 0.3) is 5.91 Å². The number of carbonyl (C=O) groups excluding carboxylic acids is 2. The van der Waals surface area contributed by atoms with Gasteiger partial charge in [-0.1, -0.05) is 25.1 Å². The SMILES string of the molecule is CCC(C)(C)NC(=O)COC(=O)c1ccccc1C. The number of benzene rings is 1. The Balaban J connectivity index is 2.52. The standard InChI is InChI=1S/C15H21NO3/c1-5-15(3,4)16-13(17)10-19-14(18)12-9-7-6-8-11(12)2/h6-9H,5,10H2,1-4H3,(H,16,17). The van der Waals surface area contributed by atoms with E-state index in [0.29, 0.717) is 5.56 Å². The first kappa shape index (κ1) is 15.2. The zero-order valence-corrected chi connectivity index (χ0v) is 11.9. The van der Waals surface area contributed by atoms with Crippen molar-refractivity contribution in [1.29, 1.82) is 0 Å². The summed E-state index contributed by atoms with van der Waals surface area (Å²) in [4.78, 5) is 23.5. The highest BCUT2D eigenvalue weighted by Crippen LogP contribution is 2.09. The number of ether oxygens (including phenoxy) is 1. The molecule has 1 aromatic rings. The molecule has 0 heterocycles. The van der Waals surface area contributed by atoms with Gasteiger partial charge in [-0.25, -0.2) is 4.79 Å². The summed E-state index contributed by atoms with van der Waals surface area (Å²) in [5.74, 6) is -0.753. The largest absolute Gasteiger partial charge is 0.452 e. The van der Waals surface area contributed by atoms with Crippen molar-refractivity contribution in [2.45, 2.75) is 39.7 Å². The Bertz CT molecular complexity index is 466. The molecule has 0 saturated carbocycles. The fourth-order valence-electron chi connectivity index (χ4n) is 1.51. The van der Waals surface area contributed by atoms with Crippen LogP contribution in [0, 0.1) is 6.92 Å². The highest BCUT2D eigenvalue weighted by molar-refractivity contribution is 5.92. The molecular weight excluding hydrogens is 242 g/mol. The van der Waals surface area contributed by atoms with E-state index in [0.717, 1.165) is 12.0 Å². The summed E-state index contributed by atoms with van der Waals surface area (Å²) in [5, 5.41) is 2.81. The number of hydrogen-bond donors (Lipinski definition) is 1. The Morgan fingerprint density at radius 2 is 1.89 bits per heavy atom. The number of amides is 1. The molecule has 0 spiro atoms. The Hall–Kier alpha value is -1.84. The van der Waals surface area contributed by atoms with Gasteiger partial charge in [-0.15, -0.1) is 0 Å². The van der Waals surface area contributed by atoms with Crippen molar-refractivity contribution in [3.05, 3.63) is 35.4 Å². The van der Waals surface area contributed by atoms with Crippen molar-refractivity contribution in [3.63, 3.8) is 0 Å². The average Bonchev–Trinajstić information content (AvgIpc) is 2.36. The molecule has 0 aliphatic carbocycles. The lowest BCUT2D eigenvalue weighted by Crippen LogP contribution is -2.44. The highest BCUT2D eigenvalue weighted by atomic mass is 16.5. The Labute approximate surface area is 114 Å². The van der Waals surface area contributed by atoms with Gasteiger partial charge >= 0.3 is 5.97 Å². The lowest BCUT2D eigenvalue weighted by molar-refractivity contribution is -0.125. The van der Waals surface area contributed by atoms with Gasteiger partial charge in [0.15, 0.2) is 6.61 Å². The summed E-state index contributed by atoms with van der Waals surface area (Å²) in [6, 6.07) is 7.13. The molecule has 104 valence electrons. The molecule has 19 heavy (non-hydrogen) atoms. The maximum absolute atomic E-state index is 11.8. The maximum atomic E-state index is 11.8. The zero-order chi connectivity index (χ0) is 14.5. The van der Waals surface area contributed by atoms with Gasteiger partial charge in [0.1, 0.15) is 0 Å². The van der Waals surface area contributed by atoms with E-state index in [9.17, 15) is 9.59 Å². The topological polar surface area (TPSA) is 55.4 Å². The molecule has 0 fully saturated rings. The summed E-state index contributed by atoms with van der Waals surface area (Å²) in [7, 11) is 0. The Kier molecular flexibility index (Phi) is 5.10. The van der Waals surface area contributed by atoms with E-state index in [1.54, 1.807) is 12.1 Å². The van der Waals surface area contributed by atoms with Gasteiger partial charge in [0.2, 0.25) is 0 Å². The summed E-state index contributed by atoms with van der Waals surface area (Å²) in [6.45, 7) is 7.41. The van der Waals surface area contributed by atoms with Crippen molar-refractivity contribution < 1.29 is 14.3 Å². The molecule has 1 rings (SSSR count). The lowest BCUT2D eigenvalue weighted by atomic mass is 10.0. The molecule has 4 heteroatoms. The van der Waals surface area contributed by atoms with E-state index in [-0.39, 0.29) is 18.1 Å². The Morgan fingerprint density at radius 3 is 2.47 bits per heavy atom. The molecule has 0 radical (unpaired) electrons. The summed E-state index contributed by atoms with van der Waals surface area (Å²) < 4.78 is 5.01. The second-order valence-electron chi connectivity index (χ2n) is 5.18. The van der Waals surface area contributed by atoms with Gasteiger partial charge < -0.3 is 10.1 Å². The van der Waals surface area contributed by atoms with Crippen LogP contribution in [0.4, 0.5) is 0 Å².